The van der Waals surface area contributed by atoms with Crippen molar-refractivity contribution in [1.29, 1.82) is 0 Å². The molecule has 1 aromatic rings. The van der Waals surface area contributed by atoms with Gasteiger partial charge in [-0.3, -0.25) is 5.43 Å². The molecule has 1 rings (SSSR count). The molecule has 0 aliphatic heterocycles. The number of hydrogen-bond donors (Lipinski definition) is 3. The van der Waals surface area contributed by atoms with Gasteiger partial charge in [-0.25, -0.2) is 10.6 Å². The van der Waals surface area contributed by atoms with E-state index < -0.39 is 17.8 Å². The summed E-state index contributed by atoms with van der Waals surface area (Å²) >= 11 is 3.00. The van der Waals surface area contributed by atoms with Crippen LogP contribution in [0.15, 0.2) is 22.7 Å². The Balaban J connectivity index is 3.04. The fraction of sp³-hybridized carbons (Fsp3) is 0.125. The van der Waals surface area contributed by atoms with Crippen molar-refractivity contribution in [3.8, 4) is 0 Å². The highest BCUT2D eigenvalue weighted by molar-refractivity contribution is 9.10. The Kier molecular flexibility index (Phi) is 3.76. The minimum absolute atomic E-state index is 0.0159. The number of anilines is 1. The Hall–Kier alpha value is -1.28. The van der Waals surface area contributed by atoms with Crippen LogP contribution in [-0.4, -0.2) is 6.03 Å². The second kappa shape index (κ2) is 4.71. The van der Waals surface area contributed by atoms with Crippen LogP contribution in [0.3, 0.4) is 0 Å². The summed E-state index contributed by atoms with van der Waals surface area (Å²) in [5.74, 6) is 4.79. The fourth-order valence-electron chi connectivity index (χ4n) is 0.956. The van der Waals surface area contributed by atoms with Crippen LogP contribution in [-0.2, 0) is 6.18 Å². The number of urea groups is 1. The fourth-order valence-corrected chi connectivity index (χ4v) is 1.30. The molecule has 0 radical (unpaired) electrons. The van der Waals surface area contributed by atoms with Crippen LogP contribution in [0.2, 0.25) is 0 Å². The van der Waals surface area contributed by atoms with Crippen LogP contribution in [0, 0.1) is 0 Å². The number of benzene rings is 1. The lowest BCUT2D eigenvalue weighted by atomic mass is 10.2. The molecule has 0 atom stereocenters. The van der Waals surface area contributed by atoms with Gasteiger partial charge in [-0.15, -0.1) is 0 Å². The second-order valence-corrected chi connectivity index (χ2v) is 3.65. The molecule has 0 saturated heterocycles. The molecule has 1 aromatic carbocycles. The van der Waals surface area contributed by atoms with E-state index in [2.05, 4.69) is 21.2 Å². The summed E-state index contributed by atoms with van der Waals surface area (Å²) in [6.45, 7) is 0. The molecule has 2 amide bonds. The third-order valence-electron chi connectivity index (χ3n) is 1.67. The molecule has 4 nitrogen and oxygen atoms in total. The third kappa shape index (κ3) is 3.11. The van der Waals surface area contributed by atoms with Crippen molar-refractivity contribution >= 4 is 27.6 Å². The average molecular weight is 298 g/mol. The number of rotatable bonds is 1. The topological polar surface area (TPSA) is 67.1 Å². The number of nitrogens with one attached hydrogen (secondary N) is 2. The van der Waals surface area contributed by atoms with Crippen molar-refractivity contribution in [1.82, 2.24) is 5.43 Å². The number of hydrazine groups is 1. The van der Waals surface area contributed by atoms with Gasteiger partial charge in [0.1, 0.15) is 0 Å². The number of alkyl halides is 3. The lowest BCUT2D eigenvalue weighted by molar-refractivity contribution is -0.137. The van der Waals surface area contributed by atoms with Gasteiger partial charge in [0.2, 0.25) is 0 Å². The lowest BCUT2D eigenvalue weighted by Gasteiger charge is -2.11. The van der Waals surface area contributed by atoms with Gasteiger partial charge < -0.3 is 5.32 Å². The van der Waals surface area contributed by atoms with E-state index in [0.29, 0.717) is 4.47 Å². The summed E-state index contributed by atoms with van der Waals surface area (Å²) in [7, 11) is 0. The van der Waals surface area contributed by atoms with Gasteiger partial charge in [-0.05, 0) is 34.1 Å². The maximum absolute atomic E-state index is 12.4. The Morgan fingerprint density at radius 1 is 1.38 bits per heavy atom. The molecule has 0 saturated carbocycles. The predicted molar refractivity (Wildman–Crippen MR) is 55.5 cm³/mol. The second-order valence-electron chi connectivity index (χ2n) is 2.79. The van der Waals surface area contributed by atoms with E-state index in [1.54, 1.807) is 5.43 Å². The zero-order valence-corrected chi connectivity index (χ0v) is 9.32. The molecule has 0 spiro atoms. The molecule has 0 fully saturated rings. The van der Waals surface area contributed by atoms with E-state index in [9.17, 15) is 18.0 Å². The van der Waals surface area contributed by atoms with Gasteiger partial charge in [-0.1, -0.05) is 0 Å². The van der Waals surface area contributed by atoms with Crippen molar-refractivity contribution in [3.05, 3.63) is 28.2 Å². The van der Waals surface area contributed by atoms with Crippen LogP contribution < -0.4 is 16.6 Å². The first-order valence-corrected chi connectivity index (χ1v) is 4.78. The van der Waals surface area contributed by atoms with Gasteiger partial charge in [-0.2, -0.15) is 13.2 Å². The molecule has 0 heterocycles. The van der Waals surface area contributed by atoms with Crippen molar-refractivity contribution in [2.45, 2.75) is 6.18 Å². The molecular formula is C8H7BrF3N3O. The molecule has 16 heavy (non-hydrogen) atoms. The average Bonchev–Trinajstić information content (AvgIpc) is 2.19. The van der Waals surface area contributed by atoms with Crippen LogP contribution in [0.5, 0.6) is 0 Å². The van der Waals surface area contributed by atoms with Crippen molar-refractivity contribution < 1.29 is 18.0 Å². The SMILES string of the molecule is NNC(=O)Nc1cc(C(F)(F)F)ccc1Br. The van der Waals surface area contributed by atoms with E-state index in [-0.39, 0.29) is 5.69 Å². The lowest BCUT2D eigenvalue weighted by Crippen LogP contribution is -2.34. The van der Waals surface area contributed by atoms with Gasteiger partial charge >= 0.3 is 12.2 Å². The normalized spacial score (nSPS) is 11.1. The first-order valence-electron chi connectivity index (χ1n) is 3.99. The summed E-state index contributed by atoms with van der Waals surface area (Å²) < 4.78 is 37.4. The van der Waals surface area contributed by atoms with E-state index in [4.69, 9.17) is 5.84 Å². The van der Waals surface area contributed by atoms with Crippen molar-refractivity contribution in [3.63, 3.8) is 0 Å². The van der Waals surface area contributed by atoms with Gasteiger partial charge in [0.25, 0.3) is 0 Å². The molecule has 0 unspecified atom stereocenters. The number of hydrogen-bond acceptors (Lipinski definition) is 2. The summed E-state index contributed by atoms with van der Waals surface area (Å²) in [4.78, 5) is 10.8. The standard InChI is InChI=1S/C8H7BrF3N3O/c9-5-2-1-4(8(10,11)12)3-6(5)14-7(16)15-13/h1-3H,13H2,(H2,14,15,16). The van der Waals surface area contributed by atoms with E-state index in [1.165, 1.54) is 6.07 Å². The molecule has 0 bridgehead atoms. The molecule has 0 aromatic heterocycles. The third-order valence-corrected chi connectivity index (χ3v) is 2.36. The van der Waals surface area contributed by atoms with Gasteiger partial charge in [0, 0.05) is 4.47 Å². The van der Waals surface area contributed by atoms with Crippen LogP contribution in [0.25, 0.3) is 0 Å². The highest BCUT2D eigenvalue weighted by atomic mass is 79.9. The molecule has 4 N–H and O–H groups in total. The van der Waals surface area contributed by atoms with Crippen LogP contribution in [0.1, 0.15) is 5.56 Å². The zero-order valence-electron chi connectivity index (χ0n) is 7.73. The van der Waals surface area contributed by atoms with E-state index >= 15 is 0 Å². The summed E-state index contributed by atoms with van der Waals surface area (Å²) in [5, 5.41) is 2.15. The van der Waals surface area contributed by atoms with Crippen molar-refractivity contribution in [2.24, 2.45) is 5.84 Å². The summed E-state index contributed by atoms with van der Waals surface area (Å²) in [6.07, 6.45) is -4.46. The Morgan fingerprint density at radius 3 is 2.50 bits per heavy atom. The van der Waals surface area contributed by atoms with Gasteiger partial charge in [0.05, 0.1) is 11.3 Å². The maximum Gasteiger partial charge on any atom is 0.416 e. The quantitative estimate of drug-likeness (QED) is 0.423. The van der Waals surface area contributed by atoms with Crippen LogP contribution in [0.4, 0.5) is 23.7 Å². The van der Waals surface area contributed by atoms with Crippen LogP contribution >= 0.6 is 15.9 Å². The maximum atomic E-state index is 12.4. The summed E-state index contributed by atoms with van der Waals surface area (Å²) in [6, 6.07) is 2.09. The minimum Gasteiger partial charge on any atom is -0.306 e. The first-order chi connectivity index (χ1) is 7.34. The number of carbonyl (C=O) groups excluding carboxylic acids is 1. The number of carbonyl (C=O) groups is 1. The minimum atomic E-state index is -4.46. The smallest absolute Gasteiger partial charge is 0.306 e. The molecule has 0 aliphatic carbocycles. The molecule has 0 aliphatic rings. The Labute approximate surface area is 97.1 Å². The predicted octanol–water partition coefficient (Wildman–Crippen LogP) is 2.46. The van der Waals surface area contributed by atoms with E-state index in [1.807, 2.05) is 0 Å². The molecule has 88 valence electrons. The molecule has 8 heteroatoms. The largest absolute Gasteiger partial charge is 0.416 e. The zero-order chi connectivity index (χ0) is 12.3. The Bertz CT molecular complexity index is 408. The Morgan fingerprint density at radius 2 is 2.00 bits per heavy atom. The number of amides is 2. The molecular weight excluding hydrogens is 291 g/mol. The monoisotopic (exact) mass is 297 g/mol. The van der Waals surface area contributed by atoms with Gasteiger partial charge in [0.15, 0.2) is 0 Å². The number of nitrogens with two attached hydrogens (primary N) is 1. The summed E-state index contributed by atoms with van der Waals surface area (Å²) in [5.41, 5.74) is 0.872. The highest BCUT2D eigenvalue weighted by Crippen LogP contribution is 2.33. The van der Waals surface area contributed by atoms with E-state index in [0.717, 1.165) is 12.1 Å². The highest BCUT2D eigenvalue weighted by Gasteiger charge is 2.31. The van der Waals surface area contributed by atoms with Crippen molar-refractivity contribution in [2.75, 3.05) is 5.32 Å². The number of halogens is 4. The first kappa shape index (κ1) is 12.8.